The number of benzene rings is 1. The highest BCUT2D eigenvalue weighted by Gasteiger charge is 2.19. The zero-order valence-electron chi connectivity index (χ0n) is 8.31. The number of sulfonamides is 1. The van der Waals surface area contributed by atoms with E-state index in [4.69, 9.17) is 0 Å². The van der Waals surface area contributed by atoms with Crippen LogP contribution in [-0.2, 0) is 10.0 Å². The fourth-order valence-corrected chi connectivity index (χ4v) is 2.16. The van der Waals surface area contributed by atoms with Crippen LogP contribution in [-0.4, -0.2) is 18.4 Å². The number of nitrogens with zero attached hydrogens (tertiary/aromatic N) is 1. The summed E-state index contributed by atoms with van der Waals surface area (Å²) >= 11 is 0. The van der Waals surface area contributed by atoms with Crippen molar-refractivity contribution in [3.63, 3.8) is 0 Å². The second-order valence-electron chi connectivity index (χ2n) is 3.12. The first-order chi connectivity index (χ1) is 8.00. The molecule has 0 bridgehead atoms. The molecule has 1 aromatic heterocycles. The van der Waals surface area contributed by atoms with Gasteiger partial charge in [0, 0.05) is 0 Å². The monoisotopic (exact) mass is 259 g/mol. The summed E-state index contributed by atoms with van der Waals surface area (Å²) in [5.74, 6) is -1.99. The normalized spacial score (nSPS) is 11.4. The number of H-pyrrole nitrogens is 1. The van der Waals surface area contributed by atoms with Crippen LogP contribution < -0.4 is 4.72 Å². The number of hydrogen-bond donors (Lipinski definition) is 2. The molecule has 1 aromatic carbocycles. The van der Waals surface area contributed by atoms with Crippen molar-refractivity contribution in [2.75, 3.05) is 4.72 Å². The van der Waals surface area contributed by atoms with Crippen molar-refractivity contribution in [3.05, 3.63) is 42.4 Å². The molecule has 0 aliphatic carbocycles. The van der Waals surface area contributed by atoms with Gasteiger partial charge < -0.3 is 4.98 Å². The minimum Gasteiger partial charge on any atom is -0.334 e. The molecule has 1 heterocycles. The number of halogens is 2. The largest absolute Gasteiger partial charge is 0.334 e. The summed E-state index contributed by atoms with van der Waals surface area (Å²) in [4.78, 5) is 5.84. The van der Waals surface area contributed by atoms with Crippen LogP contribution in [0.5, 0.6) is 0 Å². The summed E-state index contributed by atoms with van der Waals surface area (Å²) in [5, 5.41) is -0.278. The van der Waals surface area contributed by atoms with Gasteiger partial charge in [0.05, 0.1) is 12.5 Å². The lowest BCUT2D eigenvalue weighted by Gasteiger charge is -2.07. The van der Waals surface area contributed by atoms with Crippen LogP contribution in [0.1, 0.15) is 0 Å². The molecule has 0 fully saturated rings. The number of imidazole rings is 1. The third-order valence-electron chi connectivity index (χ3n) is 1.96. The zero-order chi connectivity index (χ0) is 12.5. The van der Waals surface area contributed by atoms with E-state index in [1.807, 2.05) is 4.72 Å². The Labute approximate surface area is 95.6 Å². The van der Waals surface area contributed by atoms with E-state index in [2.05, 4.69) is 9.97 Å². The van der Waals surface area contributed by atoms with Crippen LogP contribution in [0.15, 0.2) is 35.7 Å². The molecule has 0 saturated heterocycles. The van der Waals surface area contributed by atoms with E-state index in [0.29, 0.717) is 0 Å². The Morgan fingerprint density at radius 2 is 1.88 bits per heavy atom. The predicted molar refractivity (Wildman–Crippen MR) is 55.8 cm³/mol. The van der Waals surface area contributed by atoms with Gasteiger partial charge in [-0.15, -0.1) is 0 Å². The van der Waals surface area contributed by atoms with Gasteiger partial charge in [0.25, 0.3) is 10.0 Å². The van der Waals surface area contributed by atoms with E-state index in [1.54, 1.807) is 0 Å². The molecule has 0 saturated carbocycles. The summed E-state index contributed by atoms with van der Waals surface area (Å²) in [6.07, 6.45) is 2.17. The van der Waals surface area contributed by atoms with E-state index in [0.717, 1.165) is 30.7 Å². The fraction of sp³-hybridized carbons (Fsp3) is 0. The number of nitrogens with one attached hydrogen (secondary N) is 2. The Bertz CT molecular complexity index is 605. The predicted octanol–water partition coefficient (Wildman–Crippen LogP) is 1.49. The number of aromatic amines is 1. The van der Waals surface area contributed by atoms with Gasteiger partial charge in [0.1, 0.15) is 17.3 Å². The van der Waals surface area contributed by atoms with E-state index in [9.17, 15) is 17.2 Å². The standard InChI is InChI=1S/C9H7F2N3O2S/c10-6-2-1-3-7(11)9(6)14-17(15,16)8-4-12-5-13-8/h1-5,14H,(H,12,13). The molecule has 2 rings (SSSR count). The van der Waals surface area contributed by atoms with E-state index >= 15 is 0 Å². The molecule has 5 nitrogen and oxygen atoms in total. The van der Waals surface area contributed by atoms with E-state index in [-0.39, 0.29) is 5.03 Å². The van der Waals surface area contributed by atoms with Crippen molar-refractivity contribution >= 4 is 15.7 Å². The van der Waals surface area contributed by atoms with Crippen molar-refractivity contribution in [1.29, 1.82) is 0 Å². The van der Waals surface area contributed by atoms with Crippen molar-refractivity contribution in [3.8, 4) is 0 Å². The third-order valence-corrected chi connectivity index (χ3v) is 3.24. The number of hydrogen-bond acceptors (Lipinski definition) is 3. The molecule has 2 N–H and O–H groups in total. The molecule has 0 radical (unpaired) electrons. The Morgan fingerprint density at radius 1 is 1.24 bits per heavy atom. The highest BCUT2D eigenvalue weighted by molar-refractivity contribution is 7.92. The molecule has 0 amide bonds. The van der Waals surface area contributed by atoms with Gasteiger partial charge in [-0.1, -0.05) is 6.07 Å². The molecule has 90 valence electrons. The van der Waals surface area contributed by atoms with Crippen molar-refractivity contribution in [2.24, 2.45) is 0 Å². The van der Waals surface area contributed by atoms with Gasteiger partial charge in [-0.2, -0.15) is 8.42 Å². The fourth-order valence-electron chi connectivity index (χ4n) is 1.17. The maximum Gasteiger partial charge on any atom is 0.279 e. The Hall–Kier alpha value is -1.96. The third kappa shape index (κ3) is 2.26. The van der Waals surface area contributed by atoms with E-state index < -0.39 is 27.3 Å². The Morgan fingerprint density at radius 3 is 2.41 bits per heavy atom. The van der Waals surface area contributed by atoms with Gasteiger partial charge in [0.15, 0.2) is 5.03 Å². The number of para-hydroxylation sites is 1. The quantitative estimate of drug-likeness (QED) is 0.876. The maximum atomic E-state index is 13.2. The van der Waals surface area contributed by atoms with Crippen LogP contribution in [0.25, 0.3) is 0 Å². The molecular weight excluding hydrogens is 252 g/mol. The summed E-state index contributed by atoms with van der Waals surface area (Å²) in [6, 6.07) is 3.04. The molecule has 8 heteroatoms. The number of anilines is 1. The summed E-state index contributed by atoms with van der Waals surface area (Å²) in [5.41, 5.74) is -0.720. The second-order valence-corrected chi connectivity index (χ2v) is 4.77. The Kier molecular flexibility index (Phi) is 2.80. The van der Waals surface area contributed by atoms with Gasteiger partial charge in [-0.25, -0.2) is 13.8 Å². The average Bonchev–Trinajstić information content (AvgIpc) is 2.77. The van der Waals surface area contributed by atoms with Crippen LogP contribution in [0.3, 0.4) is 0 Å². The first kappa shape index (κ1) is 11.5. The second kappa shape index (κ2) is 4.13. The molecule has 2 aromatic rings. The van der Waals surface area contributed by atoms with E-state index in [1.165, 1.54) is 0 Å². The van der Waals surface area contributed by atoms with Gasteiger partial charge in [-0.05, 0) is 12.1 Å². The SMILES string of the molecule is O=S(=O)(Nc1c(F)cccc1F)c1cnc[nH]1. The first-order valence-corrected chi connectivity index (χ1v) is 5.94. The van der Waals surface area contributed by atoms with Crippen LogP contribution in [0.4, 0.5) is 14.5 Å². The van der Waals surface area contributed by atoms with Crippen molar-refractivity contribution in [1.82, 2.24) is 9.97 Å². The number of rotatable bonds is 3. The van der Waals surface area contributed by atoms with Crippen LogP contribution >= 0.6 is 0 Å². The number of aromatic nitrogens is 2. The average molecular weight is 259 g/mol. The highest BCUT2D eigenvalue weighted by atomic mass is 32.2. The molecule has 0 atom stereocenters. The summed E-state index contributed by atoms with van der Waals surface area (Å²) in [6.45, 7) is 0. The van der Waals surface area contributed by atoms with Gasteiger partial charge in [0.2, 0.25) is 0 Å². The van der Waals surface area contributed by atoms with Crippen LogP contribution in [0, 0.1) is 11.6 Å². The molecule has 0 unspecified atom stereocenters. The molecular formula is C9H7F2N3O2S. The minimum atomic E-state index is -4.06. The zero-order valence-corrected chi connectivity index (χ0v) is 9.13. The molecule has 0 aliphatic heterocycles. The molecule has 0 aliphatic rings. The van der Waals surface area contributed by atoms with Gasteiger partial charge >= 0.3 is 0 Å². The smallest absolute Gasteiger partial charge is 0.279 e. The lowest BCUT2D eigenvalue weighted by molar-refractivity contribution is 0.581. The topological polar surface area (TPSA) is 74.8 Å². The summed E-state index contributed by atoms with van der Waals surface area (Å²) < 4.78 is 51.6. The lowest BCUT2D eigenvalue weighted by atomic mass is 10.3. The molecule has 0 spiro atoms. The van der Waals surface area contributed by atoms with Crippen molar-refractivity contribution in [2.45, 2.75) is 5.03 Å². The van der Waals surface area contributed by atoms with Gasteiger partial charge in [-0.3, -0.25) is 4.72 Å². The Balaban J connectivity index is 2.40. The van der Waals surface area contributed by atoms with Crippen LogP contribution in [0.2, 0.25) is 0 Å². The lowest BCUT2D eigenvalue weighted by Crippen LogP contribution is -2.15. The molecule has 17 heavy (non-hydrogen) atoms. The van der Waals surface area contributed by atoms with Crippen molar-refractivity contribution < 1.29 is 17.2 Å². The minimum absolute atomic E-state index is 0.278. The summed E-state index contributed by atoms with van der Waals surface area (Å²) in [7, 11) is -4.06. The maximum absolute atomic E-state index is 13.2. The highest BCUT2D eigenvalue weighted by Crippen LogP contribution is 2.21. The first-order valence-electron chi connectivity index (χ1n) is 4.46.